The van der Waals surface area contributed by atoms with Gasteiger partial charge in [-0.05, 0) is 38.3 Å². The van der Waals surface area contributed by atoms with Gasteiger partial charge in [0.05, 0.1) is 16.9 Å². The van der Waals surface area contributed by atoms with Crippen molar-refractivity contribution in [2.24, 2.45) is 0 Å². The Bertz CT molecular complexity index is 1140. The van der Waals surface area contributed by atoms with Gasteiger partial charge in [0.25, 0.3) is 5.69 Å². The van der Waals surface area contributed by atoms with Crippen molar-refractivity contribution in [1.29, 1.82) is 0 Å². The average molecular weight is 505 g/mol. The fourth-order valence-corrected chi connectivity index (χ4v) is 4.25. The summed E-state index contributed by atoms with van der Waals surface area (Å²) in [6, 6.07) is 13.5. The molecule has 0 fully saturated rings. The number of sulfonamides is 1. The number of rotatable bonds is 12. The Balaban J connectivity index is 2.35. The van der Waals surface area contributed by atoms with Crippen LogP contribution in [0.5, 0.6) is 0 Å². The summed E-state index contributed by atoms with van der Waals surface area (Å²) in [5.41, 5.74) is 0.652. The number of nitrogens with one attached hydrogen (secondary N) is 1. The van der Waals surface area contributed by atoms with Crippen molar-refractivity contribution >= 4 is 33.2 Å². The van der Waals surface area contributed by atoms with Crippen molar-refractivity contribution in [3.05, 3.63) is 70.3 Å². The standard InChI is InChI=1S/C24H32N4O6S/c1-5-18(2)25-24(30)19(3)26(15-14-20-10-7-6-8-11-20)23(29)17-27(35(4,33)34)21-12-9-13-22(16-21)28(31)32/h6-13,16,18-19H,5,14-15,17H2,1-4H3,(H,25,30)/t18-,19+/m1/s1. The minimum absolute atomic E-state index is 0.00484. The predicted octanol–water partition coefficient (Wildman–Crippen LogP) is 2.74. The average Bonchev–Trinajstić information content (AvgIpc) is 2.82. The lowest BCUT2D eigenvalue weighted by Crippen LogP contribution is -2.53. The van der Waals surface area contributed by atoms with Crippen LogP contribution in [0.2, 0.25) is 0 Å². The van der Waals surface area contributed by atoms with Gasteiger partial charge in [-0.25, -0.2) is 8.42 Å². The summed E-state index contributed by atoms with van der Waals surface area (Å²) in [7, 11) is -3.96. The Morgan fingerprint density at radius 2 is 1.74 bits per heavy atom. The molecule has 35 heavy (non-hydrogen) atoms. The van der Waals surface area contributed by atoms with Gasteiger partial charge in [-0.3, -0.25) is 24.0 Å². The second-order valence-electron chi connectivity index (χ2n) is 8.36. The molecule has 10 nitrogen and oxygen atoms in total. The molecule has 2 amide bonds. The molecular weight excluding hydrogens is 472 g/mol. The van der Waals surface area contributed by atoms with Crippen molar-refractivity contribution in [1.82, 2.24) is 10.2 Å². The quantitative estimate of drug-likeness (QED) is 0.349. The van der Waals surface area contributed by atoms with Gasteiger partial charge < -0.3 is 10.2 Å². The Morgan fingerprint density at radius 3 is 2.31 bits per heavy atom. The first-order chi connectivity index (χ1) is 16.4. The highest BCUT2D eigenvalue weighted by Crippen LogP contribution is 2.23. The largest absolute Gasteiger partial charge is 0.352 e. The van der Waals surface area contributed by atoms with Crippen LogP contribution in [-0.2, 0) is 26.0 Å². The number of anilines is 1. The maximum Gasteiger partial charge on any atom is 0.271 e. The Labute approximate surface area is 206 Å². The van der Waals surface area contributed by atoms with Crippen LogP contribution < -0.4 is 9.62 Å². The van der Waals surface area contributed by atoms with Crippen LogP contribution in [-0.4, -0.2) is 61.5 Å². The number of nitrogens with zero attached hydrogens (tertiary/aromatic N) is 3. The zero-order valence-corrected chi connectivity index (χ0v) is 21.2. The second-order valence-corrected chi connectivity index (χ2v) is 10.3. The van der Waals surface area contributed by atoms with Gasteiger partial charge >= 0.3 is 0 Å². The topological polar surface area (TPSA) is 130 Å². The van der Waals surface area contributed by atoms with E-state index in [1.807, 2.05) is 44.2 Å². The van der Waals surface area contributed by atoms with Gasteiger partial charge in [-0.2, -0.15) is 0 Å². The lowest BCUT2D eigenvalue weighted by molar-refractivity contribution is -0.384. The predicted molar refractivity (Wildman–Crippen MR) is 135 cm³/mol. The van der Waals surface area contributed by atoms with Crippen LogP contribution in [0.3, 0.4) is 0 Å². The van der Waals surface area contributed by atoms with E-state index in [1.54, 1.807) is 6.92 Å². The van der Waals surface area contributed by atoms with Gasteiger partial charge in [-0.15, -0.1) is 0 Å². The molecule has 0 aliphatic rings. The fraction of sp³-hybridized carbons (Fsp3) is 0.417. The lowest BCUT2D eigenvalue weighted by atomic mass is 10.1. The molecule has 0 aromatic heterocycles. The molecule has 0 saturated carbocycles. The van der Waals surface area contributed by atoms with E-state index in [0.29, 0.717) is 12.8 Å². The summed E-state index contributed by atoms with van der Waals surface area (Å²) >= 11 is 0. The lowest BCUT2D eigenvalue weighted by Gasteiger charge is -2.32. The highest BCUT2D eigenvalue weighted by atomic mass is 32.2. The number of hydrogen-bond donors (Lipinski definition) is 1. The molecule has 1 N–H and O–H groups in total. The summed E-state index contributed by atoms with van der Waals surface area (Å²) < 4.78 is 25.9. The first-order valence-electron chi connectivity index (χ1n) is 11.3. The van der Waals surface area contributed by atoms with E-state index >= 15 is 0 Å². The molecule has 2 aromatic carbocycles. The normalized spacial score (nSPS) is 12.9. The molecule has 0 spiro atoms. The third kappa shape index (κ3) is 8.06. The number of nitro groups is 1. The molecule has 0 heterocycles. The molecule has 0 saturated heterocycles. The van der Waals surface area contributed by atoms with Crippen molar-refractivity contribution in [3.8, 4) is 0 Å². The first kappa shape index (κ1) is 27.8. The van der Waals surface area contributed by atoms with E-state index in [4.69, 9.17) is 0 Å². The zero-order valence-electron chi connectivity index (χ0n) is 20.4. The molecular formula is C24H32N4O6S. The summed E-state index contributed by atoms with van der Waals surface area (Å²) in [4.78, 5) is 38.1. The van der Waals surface area contributed by atoms with E-state index in [-0.39, 0.29) is 29.9 Å². The Morgan fingerprint density at radius 1 is 1.09 bits per heavy atom. The summed E-state index contributed by atoms with van der Waals surface area (Å²) in [6.07, 6.45) is 2.10. The number of carbonyl (C=O) groups is 2. The van der Waals surface area contributed by atoms with Crippen molar-refractivity contribution in [2.75, 3.05) is 23.7 Å². The van der Waals surface area contributed by atoms with E-state index < -0.39 is 33.4 Å². The van der Waals surface area contributed by atoms with Crippen LogP contribution in [0.15, 0.2) is 54.6 Å². The number of non-ortho nitro benzene ring substituents is 1. The highest BCUT2D eigenvalue weighted by molar-refractivity contribution is 7.92. The minimum atomic E-state index is -3.96. The Hall–Kier alpha value is -3.47. The molecule has 0 unspecified atom stereocenters. The molecule has 0 aliphatic carbocycles. The van der Waals surface area contributed by atoms with Crippen LogP contribution >= 0.6 is 0 Å². The van der Waals surface area contributed by atoms with E-state index in [2.05, 4.69) is 5.32 Å². The fourth-order valence-electron chi connectivity index (χ4n) is 3.41. The third-order valence-electron chi connectivity index (χ3n) is 5.66. The highest BCUT2D eigenvalue weighted by Gasteiger charge is 2.30. The molecule has 2 atom stereocenters. The molecule has 0 aliphatic heterocycles. The molecule has 0 radical (unpaired) electrons. The molecule has 11 heteroatoms. The Kier molecular flexibility index (Phi) is 9.76. The smallest absolute Gasteiger partial charge is 0.271 e. The molecule has 2 rings (SSSR count). The van der Waals surface area contributed by atoms with E-state index in [9.17, 15) is 28.1 Å². The summed E-state index contributed by atoms with van der Waals surface area (Å²) in [5.74, 6) is -0.938. The first-order valence-corrected chi connectivity index (χ1v) is 13.1. The van der Waals surface area contributed by atoms with Gasteiger partial charge in [0, 0.05) is 24.7 Å². The van der Waals surface area contributed by atoms with Crippen molar-refractivity contribution in [3.63, 3.8) is 0 Å². The monoisotopic (exact) mass is 504 g/mol. The second kappa shape index (κ2) is 12.3. The summed E-state index contributed by atoms with van der Waals surface area (Å²) in [6.45, 7) is 4.96. The van der Waals surface area contributed by atoms with Crippen LogP contribution in [0, 0.1) is 10.1 Å². The number of nitro benzene ring substituents is 1. The van der Waals surface area contributed by atoms with Crippen LogP contribution in [0.25, 0.3) is 0 Å². The minimum Gasteiger partial charge on any atom is -0.352 e. The summed E-state index contributed by atoms with van der Waals surface area (Å²) in [5, 5.41) is 14.0. The molecule has 190 valence electrons. The maximum atomic E-state index is 13.4. The van der Waals surface area contributed by atoms with Gasteiger partial charge in [0.1, 0.15) is 12.6 Å². The van der Waals surface area contributed by atoms with Crippen LogP contribution in [0.4, 0.5) is 11.4 Å². The molecule has 2 aromatic rings. The number of hydrogen-bond acceptors (Lipinski definition) is 6. The van der Waals surface area contributed by atoms with Gasteiger partial charge in [0.15, 0.2) is 0 Å². The zero-order chi connectivity index (χ0) is 26.2. The number of amides is 2. The van der Waals surface area contributed by atoms with Crippen molar-refractivity contribution in [2.45, 2.75) is 45.7 Å². The van der Waals surface area contributed by atoms with E-state index in [0.717, 1.165) is 22.2 Å². The third-order valence-corrected chi connectivity index (χ3v) is 6.80. The maximum absolute atomic E-state index is 13.4. The van der Waals surface area contributed by atoms with E-state index in [1.165, 1.54) is 23.1 Å². The van der Waals surface area contributed by atoms with Gasteiger partial charge in [0.2, 0.25) is 21.8 Å². The van der Waals surface area contributed by atoms with Crippen molar-refractivity contribution < 1.29 is 22.9 Å². The SMILES string of the molecule is CC[C@@H](C)NC(=O)[C@H](C)N(CCc1ccccc1)C(=O)CN(c1cccc([N+](=O)[O-])c1)S(C)(=O)=O. The molecule has 0 bridgehead atoms. The van der Waals surface area contributed by atoms with Gasteiger partial charge in [-0.1, -0.05) is 43.3 Å². The number of carbonyl (C=O) groups excluding carboxylic acids is 2. The van der Waals surface area contributed by atoms with Crippen LogP contribution in [0.1, 0.15) is 32.8 Å². The number of benzene rings is 2.